The zero-order valence-corrected chi connectivity index (χ0v) is 9.20. The molecule has 4 heteroatoms. The molecule has 0 saturated carbocycles. The fourth-order valence-corrected chi connectivity index (χ4v) is 1.52. The first kappa shape index (κ1) is 11.5. The minimum absolute atomic E-state index is 0. The standard InChI is InChI=1S/C11H18N4.H2/c1-8(2)7-9-5-3-4-6-10(9)11(12)14-15-13;/h3-6,8,15H,7,13H2,1-2H3,(H2,12,14);1H. The molecule has 0 atom stereocenters. The average Bonchev–Trinajstić information content (AvgIpc) is 2.18. The van der Waals surface area contributed by atoms with Gasteiger partial charge in [0.25, 0.3) is 0 Å². The van der Waals surface area contributed by atoms with Gasteiger partial charge in [0.05, 0.1) is 0 Å². The lowest BCUT2D eigenvalue weighted by molar-refractivity contribution is 0.646. The van der Waals surface area contributed by atoms with Crippen LogP contribution >= 0.6 is 0 Å². The number of hydrazone groups is 1. The van der Waals surface area contributed by atoms with E-state index in [1.54, 1.807) is 0 Å². The van der Waals surface area contributed by atoms with E-state index >= 15 is 0 Å². The normalized spacial score (nSPS) is 11.9. The van der Waals surface area contributed by atoms with Crippen LogP contribution in [0.4, 0.5) is 0 Å². The zero-order valence-electron chi connectivity index (χ0n) is 9.20. The van der Waals surface area contributed by atoms with Gasteiger partial charge in [0, 0.05) is 6.99 Å². The van der Waals surface area contributed by atoms with E-state index in [1.807, 2.05) is 18.2 Å². The van der Waals surface area contributed by atoms with E-state index in [0.717, 1.165) is 12.0 Å². The number of benzene rings is 1. The number of nitrogens with zero attached hydrogens (tertiary/aromatic N) is 1. The highest BCUT2D eigenvalue weighted by Crippen LogP contribution is 2.13. The van der Waals surface area contributed by atoms with Crippen LogP contribution in [0, 0.1) is 5.92 Å². The number of hydrogen-bond acceptors (Lipinski definition) is 3. The van der Waals surface area contributed by atoms with Crippen LogP contribution < -0.4 is 17.1 Å². The Morgan fingerprint density at radius 3 is 2.73 bits per heavy atom. The maximum atomic E-state index is 5.79. The molecule has 0 aliphatic heterocycles. The van der Waals surface area contributed by atoms with E-state index in [0.29, 0.717) is 11.8 Å². The maximum absolute atomic E-state index is 5.79. The van der Waals surface area contributed by atoms with Gasteiger partial charge in [0.1, 0.15) is 0 Å². The van der Waals surface area contributed by atoms with Gasteiger partial charge in [-0.3, -0.25) is 0 Å². The smallest absolute Gasteiger partial charge is 0.152 e. The van der Waals surface area contributed by atoms with E-state index in [-0.39, 0.29) is 1.43 Å². The third-order valence-electron chi connectivity index (χ3n) is 2.11. The third kappa shape index (κ3) is 3.25. The second-order valence-corrected chi connectivity index (χ2v) is 3.88. The fourth-order valence-electron chi connectivity index (χ4n) is 1.52. The molecular formula is C11H20N4. The van der Waals surface area contributed by atoms with Crippen molar-refractivity contribution in [1.82, 2.24) is 5.53 Å². The zero-order chi connectivity index (χ0) is 11.3. The lowest BCUT2D eigenvalue weighted by Crippen LogP contribution is -2.24. The van der Waals surface area contributed by atoms with Crippen LogP contribution in [-0.2, 0) is 6.42 Å². The first-order valence-corrected chi connectivity index (χ1v) is 5.02. The van der Waals surface area contributed by atoms with Crippen molar-refractivity contribution in [2.45, 2.75) is 20.3 Å². The summed E-state index contributed by atoms with van der Waals surface area (Å²) in [4.78, 5) is 0. The second kappa shape index (κ2) is 5.36. The molecular weight excluding hydrogens is 188 g/mol. The summed E-state index contributed by atoms with van der Waals surface area (Å²) in [7, 11) is 0. The Bertz CT molecular complexity index is 350. The van der Waals surface area contributed by atoms with Crippen LogP contribution in [0.15, 0.2) is 29.4 Å². The minimum Gasteiger partial charge on any atom is -0.382 e. The number of hydrogen-bond donors (Lipinski definition) is 3. The van der Waals surface area contributed by atoms with Crippen molar-refractivity contribution in [2.75, 3.05) is 0 Å². The van der Waals surface area contributed by atoms with Gasteiger partial charge in [0.15, 0.2) is 5.84 Å². The molecule has 0 bridgehead atoms. The summed E-state index contributed by atoms with van der Waals surface area (Å²) >= 11 is 0. The van der Waals surface area contributed by atoms with Crippen LogP contribution in [-0.4, -0.2) is 5.84 Å². The van der Waals surface area contributed by atoms with Crippen molar-refractivity contribution < 1.29 is 1.43 Å². The lowest BCUT2D eigenvalue weighted by Gasteiger charge is -2.10. The maximum Gasteiger partial charge on any atom is 0.152 e. The number of rotatable bonds is 4. The van der Waals surface area contributed by atoms with Gasteiger partial charge in [0.2, 0.25) is 0 Å². The lowest BCUT2D eigenvalue weighted by atomic mass is 9.97. The van der Waals surface area contributed by atoms with Crippen molar-refractivity contribution >= 4 is 5.84 Å². The van der Waals surface area contributed by atoms with Crippen molar-refractivity contribution in [3.05, 3.63) is 35.4 Å². The summed E-state index contributed by atoms with van der Waals surface area (Å²) in [6, 6.07) is 7.96. The molecule has 0 aliphatic rings. The molecule has 0 unspecified atom stereocenters. The topological polar surface area (TPSA) is 76.4 Å². The Kier molecular flexibility index (Phi) is 4.12. The molecule has 4 nitrogen and oxygen atoms in total. The summed E-state index contributed by atoms with van der Waals surface area (Å²) in [5.74, 6) is 6.11. The first-order chi connectivity index (χ1) is 7.15. The molecule has 1 rings (SSSR count). The SMILES string of the molecule is CC(C)Cc1ccccc1/C(N)=N/NN.[HH]. The van der Waals surface area contributed by atoms with Crippen molar-refractivity contribution in [3.63, 3.8) is 0 Å². The van der Waals surface area contributed by atoms with E-state index in [9.17, 15) is 0 Å². The van der Waals surface area contributed by atoms with Crippen LogP contribution in [0.5, 0.6) is 0 Å². The summed E-state index contributed by atoms with van der Waals surface area (Å²) in [6.45, 7) is 4.34. The van der Waals surface area contributed by atoms with Gasteiger partial charge >= 0.3 is 0 Å². The molecule has 1 aromatic carbocycles. The predicted molar refractivity (Wildman–Crippen MR) is 65.1 cm³/mol. The molecule has 84 valence electrons. The number of nitrogens with one attached hydrogen (secondary N) is 1. The quantitative estimate of drug-likeness (QED) is 0.301. The number of nitrogens with two attached hydrogens (primary N) is 2. The predicted octanol–water partition coefficient (Wildman–Crippen LogP) is 1.21. The molecule has 1 aromatic rings. The summed E-state index contributed by atoms with van der Waals surface area (Å²) in [5, 5.41) is 3.78. The van der Waals surface area contributed by atoms with Gasteiger partial charge in [-0.05, 0) is 17.9 Å². The van der Waals surface area contributed by atoms with Crippen molar-refractivity contribution in [2.24, 2.45) is 22.6 Å². The van der Waals surface area contributed by atoms with Crippen molar-refractivity contribution in [1.29, 1.82) is 0 Å². The Morgan fingerprint density at radius 1 is 1.47 bits per heavy atom. The van der Waals surface area contributed by atoms with Gasteiger partial charge in [-0.15, -0.1) is 5.10 Å². The van der Waals surface area contributed by atoms with Crippen LogP contribution in [0.3, 0.4) is 0 Å². The van der Waals surface area contributed by atoms with Crippen LogP contribution in [0.1, 0.15) is 26.4 Å². The first-order valence-electron chi connectivity index (χ1n) is 5.02. The minimum atomic E-state index is 0. The highest BCUT2D eigenvalue weighted by atomic mass is 15.5. The molecule has 5 N–H and O–H groups in total. The van der Waals surface area contributed by atoms with E-state index < -0.39 is 0 Å². The van der Waals surface area contributed by atoms with Crippen LogP contribution in [0.2, 0.25) is 0 Å². The highest BCUT2D eigenvalue weighted by Gasteiger charge is 2.06. The average molecular weight is 208 g/mol. The Balaban J connectivity index is 0.00000225. The Labute approximate surface area is 91.8 Å². The highest BCUT2D eigenvalue weighted by molar-refractivity contribution is 5.98. The molecule has 0 spiro atoms. The number of amidine groups is 1. The van der Waals surface area contributed by atoms with E-state index in [4.69, 9.17) is 11.6 Å². The third-order valence-corrected chi connectivity index (χ3v) is 2.11. The largest absolute Gasteiger partial charge is 0.382 e. The summed E-state index contributed by atoms with van der Waals surface area (Å²) in [6.07, 6.45) is 0.983. The van der Waals surface area contributed by atoms with Crippen LogP contribution in [0.25, 0.3) is 0 Å². The monoisotopic (exact) mass is 208 g/mol. The Hall–Kier alpha value is -1.55. The molecule has 0 amide bonds. The molecule has 15 heavy (non-hydrogen) atoms. The summed E-state index contributed by atoms with van der Waals surface area (Å²) in [5.41, 5.74) is 10.1. The van der Waals surface area contributed by atoms with E-state index in [1.165, 1.54) is 5.56 Å². The van der Waals surface area contributed by atoms with Gasteiger partial charge in [-0.2, -0.15) is 0 Å². The second-order valence-electron chi connectivity index (χ2n) is 3.88. The van der Waals surface area contributed by atoms with Gasteiger partial charge in [-0.25, -0.2) is 11.4 Å². The molecule has 0 fully saturated rings. The fraction of sp³-hybridized carbons (Fsp3) is 0.364. The van der Waals surface area contributed by atoms with Gasteiger partial charge < -0.3 is 5.73 Å². The molecule has 0 aliphatic carbocycles. The summed E-state index contributed by atoms with van der Waals surface area (Å²) < 4.78 is 0. The molecule has 0 aromatic heterocycles. The van der Waals surface area contributed by atoms with Crippen molar-refractivity contribution in [3.8, 4) is 0 Å². The molecule has 0 radical (unpaired) electrons. The van der Waals surface area contributed by atoms with Gasteiger partial charge in [-0.1, -0.05) is 38.1 Å². The Morgan fingerprint density at radius 2 is 2.13 bits per heavy atom. The molecule has 0 heterocycles. The number of hydrazine groups is 1. The molecule has 0 saturated heterocycles. The van der Waals surface area contributed by atoms with E-state index in [2.05, 4.69) is 30.6 Å².